The normalized spacial score (nSPS) is 11.1. The molecular weight excluding hydrogens is 430 g/mol. The van der Waals surface area contributed by atoms with Gasteiger partial charge in [-0.2, -0.15) is 5.10 Å². The molecule has 0 spiro atoms. The van der Waals surface area contributed by atoms with E-state index in [4.69, 9.17) is 4.74 Å². The van der Waals surface area contributed by atoms with Crippen LogP contribution < -0.4 is 10.1 Å². The lowest BCUT2D eigenvalue weighted by atomic mass is 10.0. The van der Waals surface area contributed by atoms with Gasteiger partial charge in [0, 0.05) is 46.5 Å². The van der Waals surface area contributed by atoms with Crippen molar-refractivity contribution in [1.29, 1.82) is 0 Å². The second-order valence-electron chi connectivity index (χ2n) is 6.86. The lowest BCUT2D eigenvalue weighted by Gasteiger charge is -2.07. The average molecular weight is 454 g/mol. The Kier molecular flexibility index (Phi) is 6.54. The molecule has 0 aliphatic heterocycles. The maximum absolute atomic E-state index is 12.3. The average Bonchev–Trinajstić information content (AvgIpc) is 2.94. The SMILES string of the molecule is COc1ccc(Br)cc1/C=C/C(=O)Nc1ccc(Cc2c(C)nn(C)c2C)cc1. The number of anilines is 1. The van der Waals surface area contributed by atoms with E-state index in [0.717, 1.165) is 27.8 Å². The molecule has 6 heteroatoms. The van der Waals surface area contributed by atoms with Crippen LogP contribution in [0.4, 0.5) is 5.69 Å². The van der Waals surface area contributed by atoms with Gasteiger partial charge in [-0.1, -0.05) is 28.1 Å². The van der Waals surface area contributed by atoms with E-state index in [1.807, 2.05) is 61.1 Å². The zero-order valence-electron chi connectivity index (χ0n) is 17.0. The van der Waals surface area contributed by atoms with Gasteiger partial charge in [-0.15, -0.1) is 0 Å². The number of aryl methyl sites for hydroxylation is 2. The van der Waals surface area contributed by atoms with Gasteiger partial charge in [0.15, 0.2) is 0 Å². The third kappa shape index (κ3) is 5.15. The van der Waals surface area contributed by atoms with Crippen LogP contribution >= 0.6 is 15.9 Å². The Morgan fingerprint density at radius 3 is 2.55 bits per heavy atom. The molecular formula is C23H24BrN3O2. The van der Waals surface area contributed by atoms with E-state index in [9.17, 15) is 4.79 Å². The monoisotopic (exact) mass is 453 g/mol. The Morgan fingerprint density at radius 2 is 1.93 bits per heavy atom. The zero-order chi connectivity index (χ0) is 21.0. The van der Waals surface area contributed by atoms with Crippen LogP contribution in [0.2, 0.25) is 0 Å². The number of nitrogens with zero attached hydrogens (tertiary/aromatic N) is 2. The van der Waals surface area contributed by atoms with Crippen LogP contribution in [0.1, 0.15) is 28.1 Å². The first kappa shape index (κ1) is 20.9. The summed E-state index contributed by atoms with van der Waals surface area (Å²) < 4.78 is 8.15. The van der Waals surface area contributed by atoms with Crippen molar-refractivity contribution in [3.63, 3.8) is 0 Å². The fraction of sp³-hybridized carbons (Fsp3) is 0.217. The highest BCUT2D eigenvalue weighted by atomic mass is 79.9. The van der Waals surface area contributed by atoms with Crippen LogP contribution in [-0.4, -0.2) is 22.8 Å². The Balaban J connectivity index is 1.65. The highest BCUT2D eigenvalue weighted by Crippen LogP contribution is 2.24. The third-order valence-corrected chi connectivity index (χ3v) is 5.36. The van der Waals surface area contributed by atoms with E-state index in [1.54, 1.807) is 13.2 Å². The first-order valence-electron chi connectivity index (χ1n) is 9.28. The van der Waals surface area contributed by atoms with E-state index in [-0.39, 0.29) is 5.91 Å². The number of carbonyl (C=O) groups excluding carboxylic acids is 1. The molecule has 0 atom stereocenters. The molecule has 0 fully saturated rings. The molecule has 0 aliphatic rings. The summed E-state index contributed by atoms with van der Waals surface area (Å²) in [5.41, 5.74) is 6.23. The van der Waals surface area contributed by atoms with Crippen molar-refractivity contribution >= 4 is 33.6 Å². The molecule has 0 unspecified atom stereocenters. The van der Waals surface area contributed by atoms with Crippen LogP contribution in [0.3, 0.4) is 0 Å². The fourth-order valence-corrected chi connectivity index (χ4v) is 3.55. The number of hydrogen-bond donors (Lipinski definition) is 1. The largest absolute Gasteiger partial charge is 0.496 e. The lowest BCUT2D eigenvalue weighted by Crippen LogP contribution is -2.07. The van der Waals surface area contributed by atoms with Crippen molar-refractivity contribution in [3.05, 3.63) is 81.1 Å². The predicted molar refractivity (Wildman–Crippen MR) is 120 cm³/mol. The molecule has 1 heterocycles. The molecule has 1 amide bonds. The molecule has 0 radical (unpaired) electrons. The summed E-state index contributed by atoms with van der Waals surface area (Å²) in [5.74, 6) is 0.515. The smallest absolute Gasteiger partial charge is 0.248 e. The summed E-state index contributed by atoms with van der Waals surface area (Å²) in [4.78, 5) is 12.3. The van der Waals surface area contributed by atoms with Gasteiger partial charge in [-0.3, -0.25) is 9.48 Å². The predicted octanol–water partition coefficient (Wildman–Crippen LogP) is 5.05. The van der Waals surface area contributed by atoms with E-state index in [2.05, 4.69) is 33.3 Å². The van der Waals surface area contributed by atoms with Gasteiger partial charge in [-0.25, -0.2) is 0 Å². The Labute approximate surface area is 179 Å². The number of aromatic nitrogens is 2. The van der Waals surface area contributed by atoms with Crippen molar-refractivity contribution in [3.8, 4) is 5.75 Å². The number of rotatable bonds is 6. The summed E-state index contributed by atoms with van der Waals surface area (Å²) >= 11 is 3.43. The molecule has 0 saturated carbocycles. The van der Waals surface area contributed by atoms with Crippen molar-refractivity contribution in [2.24, 2.45) is 7.05 Å². The number of ether oxygens (including phenoxy) is 1. The van der Waals surface area contributed by atoms with Crippen LogP contribution in [-0.2, 0) is 18.3 Å². The molecule has 0 bridgehead atoms. The second kappa shape index (κ2) is 9.09. The summed E-state index contributed by atoms with van der Waals surface area (Å²) in [5, 5.41) is 7.35. The number of hydrogen-bond acceptors (Lipinski definition) is 3. The van der Waals surface area contributed by atoms with Crippen LogP contribution in [0.15, 0.2) is 53.0 Å². The minimum Gasteiger partial charge on any atom is -0.496 e. The van der Waals surface area contributed by atoms with Crippen molar-refractivity contribution in [2.75, 3.05) is 12.4 Å². The molecule has 3 aromatic rings. The van der Waals surface area contributed by atoms with Crippen LogP contribution in [0.25, 0.3) is 6.08 Å². The minimum atomic E-state index is -0.196. The standard InChI is InChI=1S/C23H24BrN3O2/c1-15-21(16(2)27(3)26-15)13-17-5-9-20(10-6-17)25-23(28)12-7-18-14-19(24)8-11-22(18)29-4/h5-12,14H,13H2,1-4H3,(H,25,28)/b12-7+. The summed E-state index contributed by atoms with van der Waals surface area (Å²) in [7, 11) is 3.57. The Hall–Kier alpha value is -2.86. The molecule has 150 valence electrons. The molecule has 2 aromatic carbocycles. The van der Waals surface area contributed by atoms with E-state index in [0.29, 0.717) is 5.75 Å². The van der Waals surface area contributed by atoms with Gasteiger partial charge in [0.2, 0.25) is 5.91 Å². The number of nitrogens with one attached hydrogen (secondary N) is 1. The highest BCUT2D eigenvalue weighted by molar-refractivity contribution is 9.10. The first-order valence-corrected chi connectivity index (χ1v) is 10.1. The molecule has 1 aromatic heterocycles. The summed E-state index contributed by atoms with van der Waals surface area (Å²) in [6.07, 6.45) is 4.06. The number of carbonyl (C=O) groups is 1. The van der Waals surface area contributed by atoms with Crippen LogP contribution in [0.5, 0.6) is 5.75 Å². The Bertz CT molecular complexity index is 1050. The summed E-state index contributed by atoms with van der Waals surface area (Å²) in [6.45, 7) is 4.11. The van der Waals surface area contributed by atoms with Gasteiger partial charge < -0.3 is 10.1 Å². The molecule has 0 aliphatic carbocycles. The van der Waals surface area contributed by atoms with Gasteiger partial charge in [0.05, 0.1) is 12.8 Å². The summed E-state index contributed by atoms with van der Waals surface area (Å²) in [6, 6.07) is 13.5. The van der Waals surface area contributed by atoms with Gasteiger partial charge in [-0.05, 0) is 55.8 Å². The number of halogens is 1. The molecule has 3 rings (SSSR count). The Morgan fingerprint density at radius 1 is 1.21 bits per heavy atom. The minimum absolute atomic E-state index is 0.196. The fourth-order valence-electron chi connectivity index (χ4n) is 3.17. The molecule has 5 nitrogen and oxygen atoms in total. The maximum Gasteiger partial charge on any atom is 0.248 e. The van der Waals surface area contributed by atoms with Gasteiger partial charge >= 0.3 is 0 Å². The number of methoxy groups -OCH3 is 1. The zero-order valence-corrected chi connectivity index (χ0v) is 18.6. The van der Waals surface area contributed by atoms with Crippen molar-refractivity contribution in [1.82, 2.24) is 9.78 Å². The highest BCUT2D eigenvalue weighted by Gasteiger charge is 2.10. The molecule has 29 heavy (non-hydrogen) atoms. The second-order valence-corrected chi connectivity index (χ2v) is 7.77. The van der Waals surface area contributed by atoms with E-state index < -0.39 is 0 Å². The number of benzene rings is 2. The van der Waals surface area contributed by atoms with Crippen LogP contribution in [0, 0.1) is 13.8 Å². The third-order valence-electron chi connectivity index (χ3n) is 4.87. The molecule has 0 saturated heterocycles. The van der Waals surface area contributed by atoms with Gasteiger partial charge in [0.25, 0.3) is 0 Å². The van der Waals surface area contributed by atoms with Gasteiger partial charge in [0.1, 0.15) is 5.75 Å². The first-order chi connectivity index (χ1) is 13.9. The topological polar surface area (TPSA) is 56.1 Å². The van der Waals surface area contributed by atoms with E-state index in [1.165, 1.54) is 22.9 Å². The van der Waals surface area contributed by atoms with Crippen molar-refractivity contribution in [2.45, 2.75) is 20.3 Å². The molecule has 1 N–H and O–H groups in total. The van der Waals surface area contributed by atoms with Crippen molar-refractivity contribution < 1.29 is 9.53 Å². The van der Waals surface area contributed by atoms with E-state index >= 15 is 0 Å². The lowest BCUT2D eigenvalue weighted by molar-refractivity contribution is -0.111. The maximum atomic E-state index is 12.3. The quantitative estimate of drug-likeness (QED) is 0.531. The number of amides is 1.